The van der Waals surface area contributed by atoms with E-state index in [1.54, 1.807) is 35.2 Å². The van der Waals surface area contributed by atoms with Crippen LogP contribution in [0.1, 0.15) is 54.9 Å². The van der Waals surface area contributed by atoms with E-state index in [2.05, 4.69) is 10.6 Å². The van der Waals surface area contributed by atoms with Gasteiger partial charge in [0.2, 0.25) is 11.8 Å². The van der Waals surface area contributed by atoms with Gasteiger partial charge in [0, 0.05) is 19.6 Å². The molecule has 0 saturated carbocycles. The highest BCUT2D eigenvalue weighted by molar-refractivity contribution is 5.96. The summed E-state index contributed by atoms with van der Waals surface area (Å²) in [5.41, 5.74) is 6.74. The van der Waals surface area contributed by atoms with E-state index >= 15 is 0 Å². The van der Waals surface area contributed by atoms with E-state index in [4.69, 9.17) is 10.5 Å². The van der Waals surface area contributed by atoms with Gasteiger partial charge in [-0.3, -0.25) is 14.4 Å². The molecule has 2 aliphatic heterocycles. The van der Waals surface area contributed by atoms with Crippen molar-refractivity contribution in [3.8, 4) is 5.75 Å². The fourth-order valence-electron chi connectivity index (χ4n) is 5.28. The van der Waals surface area contributed by atoms with E-state index in [0.717, 1.165) is 12.8 Å². The van der Waals surface area contributed by atoms with Crippen LogP contribution in [0.25, 0.3) is 0 Å². The first kappa shape index (κ1) is 30.4. The van der Waals surface area contributed by atoms with Gasteiger partial charge in [0.05, 0.1) is 23.1 Å². The number of amides is 3. The van der Waals surface area contributed by atoms with Crippen LogP contribution in [0.5, 0.6) is 5.75 Å². The Bertz CT molecular complexity index is 1160. The number of fused-ring (bicyclic) bond motifs is 1. The summed E-state index contributed by atoms with van der Waals surface area (Å²) in [5, 5.41) is 6.07. The van der Waals surface area contributed by atoms with Crippen LogP contribution in [-0.4, -0.2) is 60.9 Å². The number of ether oxygens (including phenoxy) is 1. The molecule has 1 saturated heterocycles. The normalized spacial score (nSPS) is 20.8. The number of carbonyl (C=O) groups excluding carboxylic acids is 3. The third-order valence-corrected chi connectivity index (χ3v) is 7.54. The first-order chi connectivity index (χ1) is 18.3. The zero-order valence-corrected chi connectivity index (χ0v) is 23.1. The summed E-state index contributed by atoms with van der Waals surface area (Å²) in [6, 6.07) is 12.2. The summed E-state index contributed by atoms with van der Waals surface area (Å²) in [6.45, 7) is 3.47. The molecule has 39 heavy (non-hydrogen) atoms. The van der Waals surface area contributed by atoms with Crippen molar-refractivity contribution in [1.82, 2.24) is 15.5 Å². The van der Waals surface area contributed by atoms with Crippen LogP contribution in [0.3, 0.4) is 0 Å². The van der Waals surface area contributed by atoms with Crippen molar-refractivity contribution in [2.75, 3.05) is 26.2 Å². The zero-order valence-electron chi connectivity index (χ0n) is 22.3. The lowest BCUT2D eigenvalue weighted by molar-refractivity contribution is -0.142. The van der Waals surface area contributed by atoms with Crippen molar-refractivity contribution in [2.45, 2.75) is 57.5 Å². The summed E-state index contributed by atoms with van der Waals surface area (Å²) in [6.07, 6.45) is 3.48. The number of para-hydroxylation sites is 1. The molecule has 3 amide bonds. The molecule has 2 aromatic carbocycles. The number of rotatable bonds is 3. The molecule has 2 aromatic rings. The Balaban J connectivity index is 0.00000420. The maximum atomic E-state index is 13.6. The summed E-state index contributed by atoms with van der Waals surface area (Å²) in [4.78, 5) is 41.0. The summed E-state index contributed by atoms with van der Waals surface area (Å²) in [7, 11) is 0. The van der Waals surface area contributed by atoms with E-state index in [1.165, 1.54) is 12.1 Å². The number of likely N-dealkylation sites (tertiary alicyclic amines) is 1. The summed E-state index contributed by atoms with van der Waals surface area (Å²) in [5.74, 6) is -0.261. The molecule has 10 heteroatoms. The predicted octanol–water partition coefficient (Wildman–Crippen LogP) is 3.22. The van der Waals surface area contributed by atoms with Gasteiger partial charge in [-0.15, -0.1) is 12.4 Å². The minimum atomic E-state index is -0.771. The van der Waals surface area contributed by atoms with Gasteiger partial charge < -0.3 is 26.0 Å². The minimum Gasteiger partial charge on any atom is -0.491 e. The molecule has 4 N–H and O–H groups in total. The standard InChI is InChI=1S/C29H37FN4O4.ClH/c1-20-19-38-25-10-3-2-9-23(25)26(35)32-14-5-4-11-29(28(37)33-20)12-15-34(16-13-29)27(36)24(31)18-21-7-6-8-22(30)17-21;/h2-3,6-10,17,20,24H,4-5,11-16,18-19,31H2,1H3,(H,32,35)(H,33,37);1H/t20-,24-;/m1./s1. The largest absolute Gasteiger partial charge is 0.491 e. The maximum Gasteiger partial charge on any atom is 0.255 e. The number of carbonyl (C=O) groups is 3. The van der Waals surface area contributed by atoms with Gasteiger partial charge >= 0.3 is 0 Å². The molecule has 1 spiro atoms. The third-order valence-electron chi connectivity index (χ3n) is 7.54. The van der Waals surface area contributed by atoms with Gasteiger partial charge in [0.15, 0.2) is 0 Å². The van der Waals surface area contributed by atoms with Crippen molar-refractivity contribution in [1.29, 1.82) is 0 Å². The average molecular weight is 561 g/mol. The monoisotopic (exact) mass is 560 g/mol. The van der Waals surface area contributed by atoms with Gasteiger partial charge in [0.25, 0.3) is 5.91 Å². The second-order valence-electron chi connectivity index (χ2n) is 10.4. The van der Waals surface area contributed by atoms with Crippen LogP contribution in [0.2, 0.25) is 0 Å². The van der Waals surface area contributed by atoms with Crippen LogP contribution in [0.15, 0.2) is 48.5 Å². The third kappa shape index (κ3) is 7.70. The fraction of sp³-hybridized carbons (Fsp3) is 0.483. The molecule has 2 atom stereocenters. The van der Waals surface area contributed by atoms with Crippen LogP contribution in [-0.2, 0) is 16.0 Å². The molecule has 0 bridgehead atoms. The fourth-order valence-corrected chi connectivity index (χ4v) is 5.28. The number of halogens is 2. The van der Waals surface area contributed by atoms with Gasteiger partial charge in [-0.05, 0) is 68.9 Å². The average Bonchev–Trinajstić information content (AvgIpc) is 2.91. The quantitative estimate of drug-likeness (QED) is 0.533. The molecule has 1 fully saturated rings. The van der Waals surface area contributed by atoms with Crippen molar-refractivity contribution in [2.24, 2.45) is 11.1 Å². The Labute approximate surface area is 235 Å². The molecule has 0 aromatic heterocycles. The smallest absolute Gasteiger partial charge is 0.255 e. The van der Waals surface area contributed by atoms with E-state index in [0.29, 0.717) is 55.8 Å². The maximum absolute atomic E-state index is 13.6. The number of nitrogens with two attached hydrogens (primary N) is 1. The molecular weight excluding hydrogens is 523 g/mol. The van der Waals surface area contributed by atoms with Crippen molar-refractivity contribution >= 4 is 30.1 Å². The van der Waals surface area contributed by atoms with E-state index in [1.807, 2.05) is 13.0 Å². The SMILES string of the molecule is C[C@@H]1COc2ccccc2C(=O)NCCCCC2(CCN(C(=O)[C@H](N)Cc3cccc(F)c3)CC2)C(=O)N1.Cl. The Morgan fingerprint density at radius 1 is 1.13 bits per heavy atom. The lowest BCUT2D eigenvalue weighted by Gasteiger charge is -2.42. The highest BCUT2D eigenvalue weighted by Gasteiger charge is 2.42. The molecule has 8 nitrogen and oxygen atoms in total. The molecule has 0 unspecified atom stereocenters. The highest BCUT2D eigenvalue weighted by atomic mass is 35.5. The lowest BCUT2D eigenvalue weighted by Crippen LogP contribution is -2.55. The molecule has 2 heterocycles. The second kappa shape index (κ2) is 13.8. The summed E-state index contributed by atoms with van der Waals surface area (Å²) < 4.78 is 19.4. The Morgan fingerprint density at radius 3 is 2.62 bits per heavy atom. The van der Waals surface area contributed by atoms with Crippen LogP contribution >= 0.6 is 12.4 Å². The second-order valence-corrected chi connectivity index (χ2v) is 10.4. The highest BCUT2D eigenvalue weighted by Crippen LogP contribution is 2.37. The van der Waals surface area contributed by atoms with Gasteiger partial charge in [-0.1, -0.05) is 30.7 Å². The van der Waals surface area contributed by atoms with Crippen molar-refractivity contribution in [3.05, 3.63) is 65.5 Å². The van der Waals surface area contributed by atoms with Crippen LogP contribution in [0.4, 0.5) is 4.39 Å². The van der Waals surface area contributed by atoms with Gasteiger partial charge in [-0.25, -0.2) is 4.39 Å². The lowest BCUT2D eigenvalue weighted by atomic mass is 9.73. The molecule has 0 radical (unpaired) electrons. The molecule has 0 aliphatic carbocycles. The van der Waals surface area contributed by atoms with Crippen LogP contribution in [0, 0.1) is 11.2 Å². The zero-order chi connectivity index (χ0) is 27.1. The van der Waals surface area contributed by atoms with Gasteiger partial charge in [-0.2, -0.15) is 0 Å². The number of benzene rings is 2. The number of nitrogens with one attached hydrogen (secondary N) is 2. The summed E-state index contributed by atoms with van der Waals surface area (Å²) >= 11 is 0. The minimum absolute atomic E-state index is 0. The van der Waals surface area contributed by atoms with E-state index < -0.39 is 11.5 Å². The van der Waals surface area contributed by atoms with Crippen molar-refractivity contribution < 1.29 is 23.5 Å². The number of hydrogen-bond donors (Lipinski definition) is 3. The Hall–Kier alpha value is -3.17. The number of piperidine rings is 1. The molecule has 4 rings (SSSR count). The number of hydrogen-bond acceptors (Lipinski definition) is 5. The Kier molecular flexibility index (Phi) is 10.7. The van der Waals surface area contributed by atoms with E-state index in [-0.39, 0.29) is 55.0 Å². The molecule has 2 aliphatic rings. The van der Waals surface area contributed by atoms with E-state index in [9.17, 15) is 18.8 Å². The first-order valence-corrected chi connectivity index (χ1v) is 13.4. The Morgan fingerprint density at radius 2 is 1.87 bits per heavy atom. The first-order valence-electron chi connectivity index (χ1n) is 13.4. The number of nitrogens with zero attached hydrogens (tertiary/aromatic N) is 1. The molecule has 212 valence electrons. The van der Waals surface area contributed by atoms with Gasteiger partial charge in [0.1, 0.15) is 18.2 Å². The molecular formula is C29H38ClFN4O4. The van der Waals surface area contributed by atoms with Crippen molar-refractivity contribution in [3.63, 3.8) is 0 Å². The van der Waals surface area contributed by atoms with Crippen LogP contribution < -0.4 is 21.1 Å². The topological polar surface area (TPSA) is 114 Å². The predicted molar refractivity (Wildman–Crippen MR) is 149 cm³/mol.